The predicted octanol–water partition coefficient (Wildman–Crippen LogP) is 0.893. The summed E-state index contributed by atoms with van der Waals surface area (Å²) in [5, 5.41) is 3.32. The lowest BCUT2D eigenvalue weighted by Crippen LogP contribution is -2.39. The largest absolute Gasteiger partial charge is 0.375 e. The Bertz CT molecular complexity index is 292. The molecule has 1 unspecified atom stereocenters. The summed E-state index contributed by atoms with van der Waals surface area (Å²) in [6.45, 7) is 4.89. The van der Waals surface area contributed by atoms with Crippen molar-refractivity contribution in [2.45, 2.75) is 32.3 Å². The minimum absolute atomic E-state index is 0.277. The number of ether oxygens (including phenoxy) is 1. The van der Waals surface area contributed by atoms with Crippen molar-refractivity contribution in [3.8, 4) is 0 Å². The molecule has 4 heteroatoms. The van der Waals surface area contributed by atoms with E-state index < -0.39 is 0 Å². The van der Waals surface area contributed by atoms with Crippen LogP contribution >= 0.6 is 0 Å². The number of nitrogens with zero attached hydrogens (tertiary/aromatic N) is 1. The Balaban J connectivity index is 1.86. The molecule has 0 spiro atoms. The summed E-state index contributed by atoms with van der Waals surface area (Å²) in [6.07, 6.45) is 5.34. The third-order valence-electron chi connectivity index (χ3n) is 2.63. The van der Waals surface area contributed by atoms with Crippen LogP contribution in [0.2, 0.25) is 0 Å². The van der Waals surface area contributed by atoms with E-state index in [1.54, 1.807) is 0 Å². The Kier molecular flexibility index (Phi) is 3.75. The fraction of sp³-hybridized carbons (Fsp3) is 0.727. The van der Waals surface area contributed by atoms with Crippen LogP contribution in [0.25, 0.3) is 0 Å². The van der Waals surface area contributed by atoms with Gasteiger partial charge >= 0.3 is 0 Å². The predicted molar refractivity (Wildman–Crippen MR) is 58.9 cm³/mol. The molecule has 0 amide bonds. The second-order valence-electron chi connectivity index (χ2n) is 4.01. The normalized spacial score (nSPS) is 21.8. The summed E-state index contributed by atoms with van der Waals surface area (Å²) >= 11 is 0. The Hall–Kier alpha value is -0.870. The highest BCUT2D eigenvalue weighted by Crippen LogP contribution is 2.06. The first-order valence-electron chi connectivity index (χ1n) is 5.73. The third kappa shape index (κ3) is 3.04. The summed E-state index contributed by atoms with van der Waals surface area (Å²) in [4.78, 5) is 7.71. The molecule has 4 nitrogen and oxygen atoms in total. The number of aryl methyl sites for hydroxylation is 1. The molecule has 2 rings (SSSR count). The van der Waals surface area contributed by atoms with E-state index in [0.29, 0.717) is 0 Å². The van der Waals surface area contributed by atoms with Gasteiger partial charge in [-0.05, 0) is 6.42 Å². The molecule has 1 aromatic heterocycles. The fourth-order valence-electron chi connectivity index (χ4n) is 1.87. The minimum atomic E-state index is 0.277. The smallest absolute Gasteiger partial charge is 0.108 e. The van der Waals surface area contributed by atoms with E-state index in [-0.39, 0.29) is 6.10 Å². The number of nitrogens with one attached hydrogen (secondary N) is 2. The van der Waals surface area contributed by atoms with E-state index in [1.807, 2.05) is 6.20 Å². The van der Waals surface area contributed by atoms with Gasteiger partial charge in [-0.1, -0.05) is 13.3 Å². The molecule has 1 aliphatic rings. The van der Waals surface area contributed by atoms with Crippen LogP contribution in [-0.2, 0) is 17.6 Å². The lowest BCUT2D eigenvalue weighted by atomic mass is 10.2. The maximum atomic E-state index is 5.63. The van der Waals surface area contributed by atoms with E-state index in [1.165, 1.54) is 5.69 Å². The number of hydrogen-bond donors (Lipinski definition) is 2. The summed E-state index contributed by atoms with van der Waals surface area (Å²) in [6, 6.07) is 0. The van der Waals surface area contributed by atoms with E-state index in [0.717, 1.165) is 44.8 Å². The van der Waals surface area contributed by atoms with Crippen LogP contribution in [0.3, 0.4) is 0 Å². The summed E-state index contributed by atoms with van der Waals surface area (Å²) in [5.74, 6) is 1.05. The van der Waals surface area contributed by atoms with E-state index >= 15 is 0 Å². The first kappa shape index (κ1) is 10.6. The highest BCUT2D eigenvalue weighted by atomic mass is 16.5. The third-order valence-corrected chi connectivity index (χ3v) is 2.63. The van der Waals surface area contributed by atoms with Crippen molar-refractivity contribution in [3.63, 3.8) is 0 Å². The second-order valence-corrected chi connectivity index (χ2v) is 4.01. The van der Waals surface area contributed by atoms with Gasteiger partial charge in [-0.2, -0.15) is 0 Å². The number of morpholine rings is 1. The van der Waals surface area contributed by atoms with Gasteiger partial charge in [0, 0.05) is 31.4 Å². The second kappa shape index (κ2) is 5.28. The van der Waals surface area contributed by atoms with Crippen LogP contribution in [0.4, 0.5) is 0 Å². The first-order valence-corrected chi connectivity index (χ1v) is 5.73. The zero-order chi connectivity index (χ0) is 10.5. The van der Waals surface area contributed by atoms with Gasteiger partial charge < -0.3 is 15.0 Å². The average Bonchev–Trinajstić information content (AvgIpc) is 2.68. The van der Waals surface area contributed by atoms with Crippen molar-refractivity contribution in [1.29, 1.82) is 0 Å². The number of aromatic amines is 1. The van der Waals surface area contributed by atoms with Gasteiger partial charge in [-0.3, -0.25) is 0 Å². The standard InChI is InChI=1S/C11H19N3O/c1-2-3-9-7-13-11(14-9)6-10-8-12-4-5-15-10/h7,10,12H,2-6,8H2,1H3,(H,13,14). The molecule has 0 bridgehead atoms. The summed E-state index contributed by atoms with van der Waals surface area (Å²) in [7, 11) is 0. The summed E-state index contributed by atoms with van der Waals surface area (Å²) < 4.78 is 5.63. The van der Waals surface area contributed by atoms with E-state index in [4.69, 9.17) is 4.74 Å². The average molecular weight is 209 g/mol. The zero-order valence-corrected chi connectivity index (χ0v) is 9.25. The van der Waals surface area contributed by atoms with Crippen molar-refractivity contribution in [1.82, 2.24) is 15.3 Å². The van der Waals surface area contributed by atoms with E-state index in [2.05, 4.69) is 22.2 Å². The van der Waals surface area contributed by atoms with Gasteiger partial charge in [0.2, 0.25) is 0 Å². The van der Waals surface area contributed by atoms with Gasteiger partial charge in [-0.15, -0.1) is 0 Å². The van der Waals surface area contributed by atoms with Crippen molar-refractivity contribution in [2.24, 2.45) is 0 Å². The molecule has 84 valence electrons. The van der Waals surface area contributed by atoms with Gasteiger partial charge in [0.15, 0.2) is 0 Å². The molecule has 1 aliphatic heterocycles. The molecule has 0 radical (unpaired) electrons. The molecular formula is C11H19N3O. The molecular weight excluding hydrogens is 190 g/mol. The monoisotopic (exact) mass is 209 g/mol. The number of rotatable bonds is 4. The lowest BCUT2D eigenvalue weighted by molar-refractivity contribution is 0.0281. The minimum Gasteiger partial charge on any atom is -0.375 e. The van der Waals surface area contributed by atoms with Crippen LogP contribution in [0.15, 0.2) is 6.20 Å². The Labute approximate surface area is 90.4 Å². The van der Waals surface area contributed by atoms with Crippen LogP contribution in [-0.4, -0.2) is 35.8 Å². The topological polar surface area (TPSA) is 49.9 Å². The van der Waals surface area contributed by atoms with Crippen LogP contribution in [0, 0.1) is 0 Å². The maximum Gasteiger partial charge on any atom is 0.108 e. The molecule has 0 aliphatic carbocycles. The van der Waals surface area contributed by atoms with Gasteiger partial charge in [0.25, 0.3) is 0 Å². The fourth-order valence-corrected chi connectivity index (χ4v) is 1.87. The summed E-state index contributed by atoms with van der Waals surface area (Å²) in [5.41, 5.74) is 1.23. The Morgan fingerprint density at radius 2 is 2.53 bits per heavy atom. The molecule has 1 saturated heterocycles. The molecule has 0 saturated carbocycles. The van der Waals surface area contributed by atoms with Gasteiger partial charge in [0.05, 0.1) is 12.7 Å². The highest BCUT2D eigenvalue weighted by molar-refractivity contribution is 5.02. The number of imidazole rings is 1. The number of H-pyrrole nitrogens is 1. The maximum absolute atomic E-state index is 5.63. The molecule has 2 N–H and O–H groups in total. The van der Waals surface area contributed by atoms with Crippen LogP contribution in [0.5, 0.6) is 0 Å². The Morgan fingerprint density at radius 3 is 3.27 bits per heavy atom. The zero-order valence-electron chi connectivity index (χ0n) is 9.25. The van der Waals surface area contributed by atoms with Crippen LogP contribution in [0.1, 0.15) is 24.9 Å². The van der Waals surface area contributed by atoms with Crippen molar-refractivity contribution < 1.29 is 4.74 Å². The quantitative estimate of drug-likeness (QED) is 0.774. The molecule has 1 atom stereocenters. The first-order chi connectivity index (χ1) is 7.38. The van der Waals surface area contributed by atoms with Crippen molar-refractivity contribution in [2.75, 3.05) is 19.7 Å². The van der Waals surface area contributed by atoms with E-state index in [9.17, 15) is 0 Å². The number of hydrogen-bond acceptors (Lipinski definition) is 3. The lowest BCUT2D eigenvalue weighted by Gasteiger charge is -2.22. The molecule has 2 heterocycles. The Morgan fingerprint density at radius 1 is 1.60 bits per heavy atom. The molecule has 1 aromatic rings. The highest BCUT2D eigenvalue weighted by Gasteiger charge is 2.15. The van der Waals surface area contributed by atoms with Gasteiger partial charge in [0.1, 0.15) is 5.82 Å². The van der Waals surface area contributed by atoms with Crippen LogP contribution < -0.4 is 5.32 Å². The van der Waals surface area contributed by atoms with Gasteiger partial charge in [-0.25, -0.2) is 4.98 Å². The molecule has 15 heavy (non-hydrogen) atoms. The molecule has 1 fully saturated rings. The van der Waals surface area contributed by atoms with Crippen molar-refractivity contribution >= 4 is 0 Å². The van der Waals surface area contributed by atoms with Crippen molar-refractivity contribution in [3.05, 3.63) is 17.7 Å². The SMILES string of the molecule is CCCc1cnc(CC2CNCCO2)[nH]1. The molecule has 0 aromatic carbocycles. The number of aromatic nitrogens is 2.